The molecule has 0 unspecified atom stereocenters. The average Bonchev–Trinajstić information content (AvgIpc) is 3.03. The second-order valence-electron chi connectivity index (χ2n) is 7.09. The second kappa shape index (κ2) is 10.4. The molecule has 7 heteroatoms. The van der Waals surface area contributed by atoms with Crippen LogP contribution in [0, 0.1) is 0 Å². The second-order valence-corrected chi connectivity index (χ2v) is 7.09. The Morgan fingerprint density at radius 2 is 1.93 bits per heavy atom. The first-order chi connectivity index (χ1) is 13.4. The van der Waals surface area contributed by atoms with Crippen molar-refractivity contribution in [1.29, 1.82) is 0 Å². The summed E-state index contributed by atoms with van der Waals surface area (Å²) in [7, 11) is 4.08. The summed E-state index contributed by atoms with van der Waals surface area (Å²) < 4.78 is 2.11. The smallest absolute Gasteiger partial charge is 0.319 e. The van der Waals surface area contributed by atoms with Crippen molar-refractivity contribution in [3.05, 3.63) is 53.9 Å². The molecule has 0 spiro atoms. The fourth-order valence-corrected chi connectivity index (χ4v) is 2.74. The molecule has 0 atom stereocenters. The third kappa shape index (κ3) is 6.64. The number of aryl methyl sites for hydroxylation is 1. The minimum absolute atomic E-state index is 0.102. The van der Waals surface area contributed by atoms with Gasteiger partial charge in [0.15, 0.2) is 5.96 Å². The van der Waals surface area contributed by atoms with Gasteiger partial charge < -0.3 is 25.4 Å². The lowest BCUT2D eigenvalue weighted by atomic mass is 10.2. The molecule has 0 radical (unpaired) electrons. The first kappa shape index (κ1) is 21.3. The number of nitrogens with zero attached hydrogens (tertiary/aromatic N) is 3. The molecule has 28 heavy (non-hydrogen) atoms. The van der Waals surface area contributed by atoms with Crippen molar-refractivity contribution >= 4 is 17.7 Å². The first-order valence-electron chi connectivity index (χ1n) is 9.65. The van der Waals surface area contributed by atoms with Crippen LogP contribution in [-0.4, -0.2) is 41.1 Å². The predicted octanol–water partition coefficient (Wildman–Crippen LogP) is 3.15. The summed E-state index contributed by atoms with van der Waals surface area (Å²) in [5, 5.41) is 8.97. The third-order valence-electron chi connectivity index (χ3n) is 4.19. The van der Waals surface area contributed by atoms with Gasteiger partial charge in [0.2, 0.25) is 0 Å². The lowest BCUT2D eigenvalue weighted by molar-refractivity contribution is 0.250. The summed E-state index contributed by atoms with van der Waals surface area (Å²) >= 11 is 0. The summed E-state index contributed by atoms with van der Waals surface area (Å²) in [5.41, 5.74) is 3.07. The third-order valence-corrected chi connectivity index (χ3v) is 4.19. The minimum atomic E-state index is -0.197. The summed E-state index contributed by atoms with van der Waals surface area (Å²) in [4.78, 5) is 18.6. The van der Waals surface area contributed by atoms with Crippen LogP contribution in [0.5, 0.6) is 0 Å². The molecule has 1 heterocycles. The molecule has 0 saturated heterocycles. The number of anilines is 1. The van der Waals surface area contributed by atoms with Crippen LogP contribution in [0.1, 0.15) is 32.0 Å². The van der Waals surface area contributed by atoms with Crippen LogP contribution >= 0.6 is 0 Å². The Labute approximate surface area is 167 Å². The van der Waals surface area contributed by atoms with Gasteiger partial charge in [0.1, 0.15) is 0 Å². The number of carbonyl (C=O) groups excluding carboxylic acids is 1. The fraction of sp³-hybridized carbons (Fsp3) is 0.429. The number of hydrogen-bond donors (Lipinski definition) is 3. The highest BCUT2D eigenvalue weighted by Crippen LogP contribution is 2.11. The largest absolute Gasteiger partial charge is 0.357 e. The van der Waals surface area contributed by atoms with Gasteiger partial charge >= 0.3 is 6.03 Å². The maximum Gasteiger partial charge on any atom is 0.319 e. The number of rotatable bonds is 7. The van der Waals surface area contributed by atoms with Gasteiger partial charge in [-0.05, 0) is 50.6 Å². The Morgan fingerprint density at radius 1 is 1.21 bits per heavy atom. The van der Waals surface area contributed by atoms with Gasteiger partial charge in [0, 0.05) is 44.3 Å². The normalized spacial score (nSPS) is 11.4. The van der Waals surface area contributed by atoms with Crippen LogP contribution in [0.4, 0.5) is 10.5 Å². The maximum atomic E-state index is 11.8. The van der Waals surface area contributed by atoms with Gasteiger partial charge in [-0.2, -0.15) is 0 Å². The summed E-state index contributed by atoms with van der Waals surface area (Å²) in [6.07, 6.45) is 2.05. The SMILES string of the molecule is CCNC(=NCc1ccc(NC(=O)NC(C)C)cc1)N(C)Cc1cccn1C. The number of benzene rings is 1. The lowest BCUT2D eigenvalue weighted by Crippen LogP contribution is -2.38. The number of aromatic nitrogens is 1. The molecule has 2 rings (SSSR count). The molecule has 152 valence electrons. The van der Waals surface area contributed by atoms with E-state index in [1.807, 2.05) is 64.5 Å². The Morgan fingerprint density at radius 3 is 2.50 bits per heavy atom. The summed E-state index contributed by atoms with van der Waals surface area (Å²) in [6.45, 7) is 8.08. The first-order valence-corrected chi connectivity index (χ1v) is 9.65. The number of hydrogen-bond acceptors (Lipinski definition) is 2. The number of aliphatic imine (C=N–C) groups is 1. The van der Waals surface area contributed by atoms with Crippen LogP contribution in [0.2, 0.25) is 0 Å². The maximum absolute atomic E-state index is 11.8. The Hall–Kier alpha value is -2.96. The van der Waals surface area contributed by atoms with E-state index in [4.69, 9.17) is 4.99 Å². The van der Waals surface area contributed by atoms with E-state index in [2.05, 4.69) is 38.4 Å². The van der Waals surface area contributed by atoms with Crippen molar-refractivity contribution in [2.24, 2.45) is 12.0 Å². The van der Waals surface area contributed by atoms with E-state index in [1.54, 1.807) is 0 Å². The molecule has 0 aliphatic rings. The minimum Gasteiger partial charge on any atom is -0.357 e. The van der Waals surface area contributed by atoms with Crippen molar-refractivity contribution < 1.29 is 4.79 Å². The molecule has 7 nitrogen and oxygen atoms in total. The van der Waals surface area contributed by atoms with Gasteiger partial charge in [-0.3, -0.25) is 0 Å². The molecule has 0 aliphatic carbocycles. The van der Waals surface area contributed by atoms with Crippen LogP contribution in [0.25, 0.3) is 0 Å². The van der Waals surface area contributed by atoms with Crippen LogP contribution in [-0.2, 0) is 20.1 Å². The molecule has 0 saturated carbocycles. The number of urea groups is 1. The van der Waals surface area contributed by atoms with E-state index < -0.39 is 0 Å². The predicted molar refractivity (Wildman–Crippen MR) is 115 cm³/mol. The monoisotopic (exact) mass is 384 g/mol. The van der Waals surface area contributed by atoms with Crippen molar-refractivity contribution in [3.63, 3.8) is 0 Å². The summed E-state index contributed by atoms with van der Waals surface area (Å²) in [6, 6.07) is 11.8. The topological polar surface area (TPSA) is 73.7 Å². The molecule has 2 aromatic rings. The lowest BCUT2D eigenvalue weighted by Gasteiger charge is -2.22. The molecule has 1 aromatic carbocycles. The van der Waals surface area contributed by atoms with Gasteiger partial charge in [-0.15, -0.1) is 0 Å². The van der Waals surface area contributed by atoms with Crippen LogP contribution in [0.15, 0.2) is 47.6 Å². The van der Waals surface area contributed by atoms with E-state index in [0.717, 1.165) is 30.3 Å². The van der Waals surface area contributed by atoms with Crippen molar-refractivity contribution in [1.82, 2.24) is 20.1 Å². The number of carbonyl (C=O) groups is 1. The van der Waals surface area contributed by atoms with Crippen molar-refractivity contribution in [2.45, 2.75) is 39.9 Å². The zero-order chi connectivity index (χ0) is 20.5. The van der Waals surface area contributed by atoms with Crippen molar-refractivity contribution in [3.8, 4) is 0 Å². The zero-order valence-corrected chi connectivity index (χ0v) is 17.5. The number of guanidine groups is 1. The molecule has 1 aromatic heterocycles. The van der Waals surface area contributed by atoms with E-state index in [0.29, 0.717) is 6.54 Å². The van der Waals surface area contributed by atoms with Crippen molar-refractivity contribution in [2.75, 3.05) is 18.9 Å². The van der Waals surface area contributed by atoms with Crippen LogP contribution < -0.4 is 16.0 Å². The zero-order valence-electron chi connectivity index (χ0n) is 17.5. The Kier molecular flexibility index (Phi) is 7.92. The van der Waals surface area contributed by atoms with E-state index in [1.165, 1.54) is 5.69 Å². The number of nitrogens with one attached hydrogen (secondary N) is 3. The average molecular weight is 385 g/mol. The van der Waals surface area contributed by atoms with Crippen LogP contribution in [0.3, 0.4) is 0 Å². The highest BCUT2D eigenvalue weighted by atomic mass is 16.2. The molecule has 0 bridgehead atoms. The summed E-state index contributed by atoms with van der Waals surface area (Å²) in [5.74, 6) is 0.863. The van der Waals surface area contributed by atoms with E-state index >= 15 is 0 Å². The van der Waals surface area contributed by atoms with Gasteiger partial charge in [0.05, 0.1) is 13.1 Å². The molecule has 0 aliphatic heterocycles. The Balaban J connectivity index is 1.98. The molecular formula is C21H32N6O. The standard InChI is InChI=1S/C21H32N6O/c1-6-22-20(27(5)15-19-8-7-13-26(19)4)23-14-17-9-11-18(12-10-17)25-21(28)24-16(2)3/h7-13,16H,6,14-15H2,1-5H3,(H,22,23)(H2,24,25,28). The fourth-order valence-electron chi connectivity index (χ4n) is 2.74. The molecule has 0 fully saturated rings. The molecule has 2 amide bonds. The van der Waals surface area contributed by atoms with Gasteiger partial charge in [-0.25, -0.2) is 9.79 Å². The van der Waals surface area contributed by atoms with Gasteiger partial charge in [-0.1, -0.05) is 12.1 Å². The Bertz CT molecular complexity index is 778. The van der Waals surface area contributed by atoms with Gasteiger partial charge in [0.25, 0.3) is 0 Å². The molecule has 3 N–H and O–H groups in total. The van der Waals surface area contributed by atoms with E-state index in [-0.39, 0.29) is 12.1 Å². The highest BCUT2D eigenvalue weighted by molar-refractivity contribution is 5.89. The highest BCUT2D eigenvalue weighted by Gasteiger charge is 2.08. The quantitative estimate of drug-likeness (QED) is 0.507. The van der Waals surface area contributed by atoms with E-state index in [9.17, 15) is 4.79 Å². The molecular weight excluding hydrogens is 352 g/mol. The number of amides is 2.